The average molecular weight is 377 g/mol. The Hall–Kier alpha value is 0.490. The lowest BCUT2D eigenvalue weighted by atomic mass is 10.1. The molecule has 0 radical (unpaired) electrons. The summed E-state index contributed by atoms with van der Waals surface area (Å²) in [7, 11) is 0. The summed E-state index contributed by atoms with van der Waals surface area (Å²) in [6.45, 7) is 4.39. The zero-order chi connectivity index (χ0) is 17.3. The van der Waals surface area contributed by atoms with Crippen molar-refractivity contribution in [2.45, 2.75) is 103 Å². The molecule has 1 unspecified atom stereocenters. The lowest BCUT2D eigenvalue weighted by molar-refractivity contribution is 0.231. The van der Waals surface area contributed by atoms with Gasteiger partial charge in [-0.05, 0) is 18.6 Å². The van der Waals surface area contributed by atoms with Crippen LogP contribution in [0.4, 0.5) is 0 Å². The molecule has 0 saturated heterocycles. The summed E-state index contributed by atoms with van der Waals surface area (Å²) < 4.78 is 0.736. The Kier molecular flexibility index (Phi) is 17.7. The van der Waals surface area contributed by atoms with Crippen molar-refractivity contribution in [1.82, 2.24) is 0 Å². The number of thiocarbonyl (C=S) groups is 2. The van der Waals surface area contributed by atoms with Crippen molar-refractivity contribution in [3.8, 4) is 0 Å². The molecule has 0 saturated carbocycles. The number of hydrogen-bond acceptors (Lipinski definition) is 4. The molecule has 1 atom stereocenters. The highest BCUT2D eigenvalue weighted by Crippen LogP contribution is 2.16. The van der Waals surface area contributed by atoms with Gasteiger partial charge in [-0.25, -0.2) is 0 Å². The normalized spacial score (nSPS) is 12.3. The first-order chi connectivity index (χ1) is 11.1. The van der Waals surface area contributed by atoms with Crippen LogP contribution in [0.25, 0.3) is 0 Å². The quantitative estimate of drug-likeness (QED) is 0.234. The van der Waals surface area contributed by atoms with Crippen LogP contribution in [0.1, 0.15) is 97.3 Å². The van der Waals surface area contributed by atoms with E-state index in [2.05, 4.69) is 13.8 Å². The largest absolute Gasteiger partial charge is 0.387 e. The Morgan fingerprint density at radius 1 is 0.783 bits per heavy atom. The predicted molar refractivity (Wildman–Crippen MR) is 115 cm³/mol. The number of rotatable bonds is 16. The van der Waals surface area contributed by atoms with E-state index in [1.165, 1.54) is 64.2 Å². The second kappa shape index (κ2) is 17.3. The molecule has 4 heteroatoms. The Balaban J connectivity index is 3.43. The van der Waals surface area contributed by atoms with Gasteiger partial charge >= 0.3 is 0 Å². The van der Waals surface area contributed by atoms with Gasteiger partial charge in [-0.1, -0.05) is 109 Å². The fourth-order valence-electron chi connectivity index (χ4n) is 2.49. The van der Waals surface area contributed by atoms with E-state index in [0.29, 0.717) is 4.86 Å². The maximum Gasteiger partial charge on any atom is 0.0910 e. The molecule has 0 amide bonds. The summed E-state index contributed by atoms with van der Waals surface area (Å²) in [5.74, 6) is 1.04. The molecule has 0 aromatic rings. The summed E-state index contributed by atoms with van der Waals surface area (Å²) in [5, 5.41) is 9.95. The highest BCUT2D eigenvalue weighted by atomic mass is 32.2. The summed E-state index contributed by atoms with van der Waals surface area (Å²) in [6, 6.07) is 0. The molecule has 0 aliphatic heterocycles. The van der Waals surface area contributed by atoms with Gasteiger partial charge in [-0.3, -0.25) is 0 Å². The van der Waals surface area contributed by atoms with Crippen LogP contribution in [0.5, 0.6) is 0 Å². The van der Waals surface area contributed by atoms with Crippen LogP contribution < -0.4 is 0 Å². The molecular formula is C19H36OS3. The predicted octanol–water partition coefficient (Wildman–Crippen LogP) is 6.89. The monoisotopic (exact) mass is 376 g/mol. The van der Waals surface area contributed by atoms with Crippen LogP contribution in [0.15, 0.2) is 0 Å². The molecule has 0 bridgehead atoms. The SMILES string of the molecule is CCCCCCCCCCCCSC(=S)C(=S)C(O)CCCC. The van der Waals surface area contributed by atoms with E-state index in [4.69, 9.17) is 24.4 Å². The second-order valence-electron chi connectivity index (χ2n) is 6.34. The van der Waals surface area contributed by atoms with Crippen LogP contribution in [0, 0.1) is 0 Å². The van der Waals surface area contributed by atoms with Crippen molar-refractivity contribution < 1.29 is 5.11 Å². The number of aliphatic hydroxyl groups is 1. The Bertz CT molecular complexity index is 305. The Labute approximate surface area is 159 Å². The van der Waals surface area contributed by atoms with E-state index in [9.17, 15) is 5.11 Å². The van der Waals surface area contributed by atoms with E-state index in [1.54, 1.807) is 11.8 Å². The van der Waals surface area contributed by atoms with E-state index >= 15 is 0 Å². The zero-order valence-corrected chi connectivity index (χ0v) is 17.6. The molecule has 0 fully saturated rings. The number of thioether (sulfide) groups is 1. The number of unbranched alkanes of at least 4 members (excludes halogenated alkanes) is 10. The number of aliphatic hydroxyl groups excluding tert-OH is 1. The van der Waals surface area contributed by atoms with Gasteiger partial charge in [0, 0.05) is 0 Å². The molecule has 136 valence electrons. The molecule has 0 aliphatic rings. The maximum atomic E-state index is 9.95. The van der Waals surface area contributed by atoms with Crippen LogP contribution in [0.3, 0.4) is 0 Å². The van der Waals surface area contributed by atoms with Crippen LogP contribution in [-0.4, -0.2) is 26.0 Å². The molecule has 0 aromatic carbocycles. The standard InChI is InChI=1S/C19H36OS3/c1-3-5-7-8-9-10-11-12-13-14-16-23-19(22)18(21)17(20)15-6-4-2/h17,20H,3-16H2,1-2H3. The van der Waals surface area contributed by atoms with E-state index in [-0.39, 0.29) is 0 Å². The second-order valence-corrected chi connectivity index (χ2v) is 8.55. The molecule has 0 aromatic heterocycles. The van der Waals surface area contributed by atoms with E-state index in [0.717, 1.165) is 29.2 Å². The average Bonchev–Trinajstić information content (AvgIpc) is 2.56. The van der Waals surface area contributed by atoms with Crippen molar-refractivity contribution in [2.75, 3.05) is 5.75 Å². The van der Waals surface area contributed by atoms with Crippen LogP contribution >= 0.6 is 36.2 Å². The third-order valence-corrected chi connectivity index (χ3v) is 6.35. The molecule has 0 aliphatic carbocycles. The maximum absolute atomic E-state index is 9.95. The number of hydrogen-bond donors (Lipinski definition) is 1. The smallest absolute Gasteiger partial charge is 0.0910 e. The van der Waals surface area contributed by atoms with Crippen molar-refractivity contribution in [2.24, 2.45) is 0 Å². The van der Waals surface area contributed by atoms with Gasteiger partial charge < -0.3 is 5.11 Å². The van der Waals surface area contributed by atoms with Crippen molar-refractivity contribution >= 4 is 45.3 Å². The molecule has 23 heavy (non-hydrogen) atoms. The summed E-state index contributed by atoms with van der Waals surface area (Å²) >= 11 is 12.3. The first kappa shape index (κ1) is 23.5. The van der Waals surface area contributed by atoms with Crippen molar-refractivity contribution in [1.29, 1.82) is 0 Å². The van der Waals surface area contributed by atoms with Gasteiger partial charge in [0.2, 0.25) is 0 Å². The van der Waals surface area contributed by atoms with Crippen LogP contribution in [-0.2, 0) is 0 Å². The van der Waals surface area contributed by atoms with E-state index in [1.807, 2.05) is 0 Å². The lowest BCUT2D eigenvalue weighted by Crippen LogP contribution is -2.23. The first-order valence-corrected chi connectivity index (χ1v) is 11.3. The van der Waals surface area contributed by atoms with Gasteiger partial charge in [-0.2, -0.15) is 0 Å². The van der Waals surface area contributed by atoms with Gasteiger partial charge in [0.1, 0.15) is 0 Å². The minimum atomic E-state index is -0.516. The summed E-state index contributed by atoms with van der Waals surface area (Å²) in [4.78, 5) is 0.588. The third-order valence-electron chi connectivity index (χ3n) is 4.07. The fraction of sp³-hybridized carbons (Fsp3) is 0.895. The van der Waals surface area contributed by atoms with Gasteiger partial charge in [0.25, 0.3) is 0 Å². The first-order valence-electron chi connectivity index (χ1n) is 9.52. The molecular weight excluding hydrogens is 340 g/mol. The molecule has 1 N–H and O–H groups in total. The van der Waals surface area contributed by atoms with Gasteiger partial charge in [-0.15, -0.1) is 11.8 Å². The zero-order valence-electron chi connectivity index (χ0n) is 15.1. The summed E-state index contributed by atoms with van der Waals surface area (Å²) in [6.07, 6.45) is 15.9. The van der Waals surface area contributed by atoms with Gasteiger partial charge in [0.05, 0.1) is 15.2 Å². The Morgan fingerprint density at radius 3 is 1.78 bits per heavy atom. The highest BCUT2D eigenvalue weighted by molar-refractivity contribution is 8.26. The topological polar surface area (TPSA) is 20.2 Å². The molecule has 0 heterocycles. The molecule has 0 rings (SSSR count). The minimum absolute atomic E-state index is 0.516. The van der Waals surface area contributed by atoms with Gasteiger partial charge in [0.15, 0.2) is 0 Å². The van der Waals surface area contributed by atoms with Crippen molar-refractivity contribution in [3.63, 3.8) is 0 Å². The minimum Gasteiger partial charge on any atom is -0.387 e. The molecule has 1 nitrogen and oxygen atoms in total. The fourth-order valence-corrected chi connectivity index (χ4v) is 3.98. The van der Waals surface area contributed by atoms with E-state index < -0.39 is 6.10 Å². The molecule has 0 spiro atoms. The Morgan fingerprint density at radius 2 is 1.26 bits per heavy atom. The summed E-state index contributed by atoms with van der Waals surface area (Å²) in [5.41, 5.74) is 0. The highest BCUT2D eigenvalue weighted by Gasteiger charge is 2.14. The lowest BCUT2D eigenvalue weighted by Gasteiger charge is -2.12. The van der Waals surface area contributed by atoms with Crippen LogP contribution in [0.2, 0.25) is 0 Å². The third kappa shape index (κ3) is 14.5. The van der Waals surface area contributed by atoms with Crippen molar-refractivity contribution in [3.05, 3.63) is 0 Å².